The molecule has 0 radical (unpaired) electrons. The molecule has 1 aromatic heterocycles. The highest BCUT2D eigenvalue weighted by molar-refractivity contribution is 7.80. The van der Waals surface area contributed by atoms with Gasteiger partial charge in [0.1, 0.15) is 11.5 Å². The van der Waals surface area contributed by atoms with Gasteiger partial charge in [0.05, 0.1) is 25.3 Å². The monoisotopic (exact) mass is 360 g/mol. The summed E-state index contributed by atoms with van der Waals surface area (Å²) in [5.74, 6) is 1.64. The van der Waals surface area contributed by atoms with Crippen molar-refractivity contribution in [3.05, 3.63) is 42.5 Å². The fourth-order valence-corrected chi connectivity index (χ4v) is 2.57. The van der Waals surface area contributed by atoms with Crippen molar-refractivity contribution >= 4 is 39.6 Å². The molecule has 3 aromatic rings. The van der Waals surface area contributed by atoms with Gasteiger partial charge in [-0.3, -0.25) is 9.27 Å². The first kappa shape index (κ1) is 16.9. The number of methoxy groups -OCH3 is 2. The van der Waals surface area contributed by atoms with Crippen molar-refractivity contribution in [2.75, 3.05) is 24.3 Å². The highest BCUT2D eigenvalue weighted by Crippen LogP contribution is 2.30. The molecule has 9 heteroatoms. The average molecular weight is 360 g/mol. The molecule has 1 heterocycles. The molecule has 25 heavy (non-hydrogen) atoms. The summed E-state index contributed by atoms with van der Waals surface area (Å²) < 4.78 is 33.2. The highest BCUT2D eigenvalue weighted by Gasteiger charge is 2.12. The van der Waals surface area contributed by atoms with Crippen LogP contribution in [0.4, 0.5) is 17.3 Å². The van der Waals surface area contributed by atoms with Gasteiger partial charge in [0.15, 0.2) is 11.6 Å². The second kappa shape index (κ2) is 7.32. The zero-order valence-electron chi connectivity index (χ0n) is 13.5. The van der Waals surface area contributed by atoms with Crippen LogP contribution >= 0.6 is 0 Å². The Morgan fingerprint density at radius 1 is 0.960 bits per heavy atom. The summed E-state index contributed by atoms with van der Waals surface area (Å²) in [5, 5.41) is 3.08. The van der Waals surface area contributed by atoms with Crippen LogP contribution in [-0.2, 0) is 11.3 Å². The number of fused-ring (bicyclic) bond motifs is 1. The Hall–Kier alpha value is -2.91. The van der Waals surface area contributed by atoms with Crippen LogP contribution in [-0.4, -0.2) is 32.9 Å². The SMILES string of the molecule is COc1cc(Nc2nc3ccccc3nc2NS(=O)O)cc(OC)c1. The number of hydrogen-bond acceptors (Lipinski definition) is 6. The fourth-order valence-electron chi connectivity index (χ4n) is 2.26. The topological polar surface area (TPSA) is 106 Å². The third kappa shape index (κ3) is 3.95. The molecule has 8 nitrogen and oxygen atoms in total. The van der Waals surface area contributed by atoms with Crippen LogP contribution in [0.2, 0.25) is 0 Å². The van der Waals surface area contributed by atoms with Crippen LogP contribution in [0.3, 0.4) is 0 Å². The average Bonchev–Trinajstić information content (AvgIpc) is 2.61. The summed E-state index contributed by atoms with van der Waals surface area (Å²) >= 11 is -2.28. The Bertz CT molecular complexity index is 913. The molecule has 0 aliphatic rings. The van der Waals surface area contributed by atoms with Crippen molar-refractivity contribution in [2.45, 2.75) is 0 Å². The van der Waals surface area contributed by atoms with Gasteiger partial charge in [0.25, 0.3) is 11.3 Å². The van der Waals surface area contributed by atoms with Crippen molar-refractivity contribution < 1.29 is 18.2 Å². The number of nitrogens with one attached hydrogen (secondary N) is 2. The molecule has 0 bridgehead atoms. The quantitative estimate of drug-likeness (QED) is 0.580. The predicted octanol–water partition coefficient (Wildman–Crippen LogP) is 2.94. The van der Waals surface area contributed by atoms with Crippen molar-refractivity contribution in [2.24, 2.45) is 0 Å². The lowest BCUT2D eigenvalue weighted by Gasteiger charge is -2.13. The summed E-state index contributed by atoms with van der Waals surface area (Å²) in [6.45, 7) is 0. The lowest BCUT2D eigenvalue weighted by molar-refractivity contribution is 0.395. The van der Waals surface area contributed by atoms with E-state index in [-0.39, 0.29) is 5.82 Å². The molecule has 3 rings (SSSR count). The van der Waals surface area contributed by atoms with Gasteiger partial charge in [-0.1, -0.05) is 12.1 Å². The van der Waals surface area contributed by atoms with E-state index in [1.54, 1.807) is 44.6 Å². The van der Waals surface area contributed by atoms with Crippen LogP contribution in [0, 0.1) is 0 Å². The lowest BCUT2D eigenvalue weighted by atomic mass is 10.2. The standard InChI is InChI=1S/C16H16N4O4S/c1-23-11-7-10(8-12(9-11)24-2)17-15-16(20-25(21)22)19-14-6-4-3-5-13(14)18-15/h3-9H,1-2H3,(H,17,18)(H,19,20)(H,21,22). The summed E-state index contributed by atoms with van der Waals surface area (Å²) in [5.41, 5.74) is 1.88. The van der Waals surface area contributed by atoms with Gasteiger partial charge < -0.3 is 14.8 Å². The van der Waals surface area contributed by atoms with Gasteiger partial charge in [-0.15, -0.1) is 0 Å². The maximum absolute atomic E-state index is 11.2. The molecule has 130 valence electrons. The van der Waals surface area contributed by atoms with E-state index >= 15 is 0 Å². The number of benzene rings is 2. The number of ether oxygens (including phenoxy) is 2. The molecule has 0 saturated carbocycles. The summed E-state index contributed by atoms with van der Waals surface area (Å²) in [4.78, 5) is 8.82. The van der Waals surface area contributed by atoms with Crippen molar-refractivity contribution in [1.82, 2.24) is 9.97 Å². The van der Waals surface area contributed by atoms with Gasteiger partial charge in [-0.25, -0.2) is 14.2 Å². The van der Waals surface area contributed by atoms with E-state index in [1.165, 1.54) is 0 Å². The smallest absolute Gasteiger partial charge is 0.260 e. The molecule has 2 aromatic carbocycles. The number of rotatable bonds is 6. The van der Waals surface area contributed by atoms with Crippen LogP contribution in [0.15, 0.2) is 42.5 Å². The first-order valence-electron chi connectivity index (χ1n) is 7.23. The fraction of sp³-hybridized carbons (Fsp3) is 0.125. The van der Waals surface area contributed by atoms with E-state index in [9.17, 15) is 4.21 Å². The van der Waals surface area contributed by atoms with Crippen LogP contribution in [0.5, 0.6) is 11.5 Å². The summed E-state index contributed by atoms with van der Waals surface area (Å²) in [7, 11) is 3.10. The third-order valence-electron chi connectivity index (χ3n) is 3.37. The Kier molecular flexibility index (Phi) is 4.96. The number of aromatic nitrogens is 2. The van der Waals surface area contributed by atoms with Gasteiger partial charge in [-0.2, -0.15) is 0 Å². The maximum Gasteiger partial charge on any atom is 0.260 e. The molecule has 0 aliphatic heterocycles. The minimum absolute atomic E-state index is 0.154. The number of para-hydroxylation sites is 2. The summed E-state index contributed by atoms with van der Waals surface area (Å²) in [6.07, 6.45) is 0. The van der Waals surface area contributed by atoms with Crippen LogP contribution in [0.25, 0.3) is 11.0 Å². The minimum Gasteiger partial charge on any atom is -0.497 e. The Balaban J connectivity index is 2.06. The predicted molar refractivity (Wildman–Crippen MR) is 96.8 cm³/mol. The molecular weight excluding hydrogens is 344 g/mol. The van der Waals surface area contributed by atoms with Crippen molar-refractivity contribution in [3.8, 4) is 11.5 Å². The van der Waals surface area contributed by atoms with Crippen molar-refractivity contribution in [3.63, 3.8) is 0 Å². The molecule has 1 atom stereocenters. The van der Waals surface area contributed by atoms with Gasteiger partial charge >= 0.3 is 0 Å². The van der Waals surface area contributed by atoms with E-state index in [0.29, 0.717) is 34.0 Å². The Morgan fingerprint density at radius 3 is 2.04 bits per heavy atom. The second-order valence-electron chi connectivity index (χ2n) is 4.99. The Labute approximate surface area is 146 Å². The first-order valence-corrected chi connectivity index (χ1v) is 8.34. The third-order valence-corrected chi connectivity index (χ3v) is 3.74. The van der Waals surface area contributed by atoms with E-state index < -0.39 is 11.3 Å². The number of anilines is 3. The zero-order valence-corrected chi connectivity index (χ0v) is 14.3. The highest BCUT2D eigenvalue weighted by atomic mass is 32.2. The molecule has 0 fully saturated rings. The van der Waals surface area contributed by atoms with Crippen LogP contribution in [0.1, 0.15) is 0 Å². The van der Waals surface area contributed by atoms with E-state index in [2.05, 4.69) is 20.0 Å². The summed E-state index contributed by atoms with van der Waals surface area (Å²) in [6, 6.07) is 12.5. The molecule has 0 spiro atoms. The largest absolute Gasteiger partial charge is 0.497 e. The molecule has 0 aliphatic carbocycles. The second-order valence-corrected chi connectivity index (χ2v) is 5.69. The van der Waals surface area contributed by atoms with Gasteiger partial charge in [0, 0.05) is 23.9 Å². The van der Waals surface area contributed by atoms with Crippen molar-refractivity contribution in [1.29, 1.82) is 0 Å². The normalized spacial score (nSPS) is 11.8. The Morgan fingerprint density at radius 2 is 1.52 bits per heavy atom. The van der Waals surface area contributed by atoms with Crippen LogP contribution < -0.4 is 19.5 Å². The molecular formula is C16H16N4O4S. The molecule has 3 N–H and O–H groups in total. The molecule has 0 saturated heterocycles. The van der Waals surface area contributed by atoms with E-state index in [0.717, 1.165) is 0 Å². The minimum atomic E-state index is -2.28. The maximum atomic E-state index is 11.2. The first-order chi connectivity index (χ1) is 12.1. The lowest BCUT2D eigenvalue weighted by Crippen LogP contribution is -2.08. The zero-order chi connectivity index (χ0) is 17.8. The van der Waals surface area contributed by atoms with Gasteiger partial charge in [0.2, 0.25) is 0 Å². The number of hydrogen-bond donors (Lipinski definition) is 3. The molecule has 0 amide bonds. The van der Waals surface area contributed by atoms with E-state index in [1.807, 2.05) is 12.1 Å². The molecule has 1 unspecified atom stereocenters. The number of nitrogens with zero attached hydrogens (tertiary/aromatic N) is 2. The van der Waals surface area contributed by atoms with E-state index in [4.69, 9.17) is 14.0 Å². The van der Waals surface area contributed by atoms with Gasteiger partial charge in [-0.05, 0) is 12.1 Å².